The van der Waals surface area contributed by atoms with Crippen LogP contribution in [0.2, 0.25) is 0 Å². The number of rotatable bonds is 5. The van der Waals surface area contributed by atoms with Crippen LogP contribution in [0, 0.1) is 6.92 Å². The second-order valence-corrected chi connectivity index (χ2v) is 6.07. The molecule has 106 valence electrons. The Bertz CT molecular complexity index is 734. The van der Waals surface area contributed by atoms with Crippen molar-refractivity contribution in [1.29, 1.82) is 0 Å². The average molecular weight is 294 g/mol. The Morgan fingerprint density at radius 3 is 2.65 bits per heavy atom. The summed E-state index contributed by atoms with van der Waals surface area (Å²) in [6.07, 6.45) is 1.16. The first-order valence-corrected chi connectivity index (χ1v) is 7.34. The van der Waals surface area contributed by atoms with Crippen molar-refractivity contribution in [2.75, 3.05) is 0 Å². The molecule has 1 aromatic heterocycles. The van der Waals surface area contributed by atoms with Crippen LogP contribution in [0.4, 0.5) is 0 Å². The molecule has 0 aliphatic carbocycles. The average Bonchev–Trinajstić information content (AvgIpc) is 2.88. The van der Waals surface area contributed by atoms with Gasteiger partial charge in [0, 0.05) is 12.7 Å². The molecule has 0 atom stereocenters. The van der Waals surface area contributed by atoms with E-state index in [1.165, 1.54) is 0 Å². The van der Waals surface area contributed by atoms with Gasteiger partial charge in [0.1, 0.15) is 10.6 Å². The molecule has 0 spiro atoms. The van der Waals surface area contributed by atoms with Gasteiger partial charge in [-0.2, -0.15) is 0 Å². The number of carboxylic acids is 1. The Morgan fingerprint density at radius 2 is 2.05 bits per heavy atom. The van der Waals surface area contributed by atoms with E-state index in [-0.39, 0.29) is 17.1 Å². The van der Waals surface area contributed by atoms with Gasteiger partial charge in [-0.15, -0.1) is 0 Å². The van der Waals surface area contributed by atoms with Gasteiger partial charge in [0.25, 0.3) is 0 Å². The molecular weight excluding hydrogens is 280 g/mol. The van der Waals surface area contributed by atoms with Crippen molar-refractivity contribution >= 4 is 16.0 Å². The van der Waals surface area contributed by atoms with E-state index in [0.29, 0.717) is 0 Å². The first-order chi connectivity index (χ1) is 9.40. The highest BCUT2D eigenvalue weighted by atomic mass is 32.2. The Kier molecular flexibility index (Phi) is 3.91. The molecule has 0 radical (unpaired) electrons. The van der Waals surface area contributed by atoms with Crippen LogP contribution in [0.1, 0.15) is 21.6 Å². The number of benzene rings is 1. The number of aromatic nitrogens is 1. The highest BCUT2D eigenvalue weighted by Crippen LogP contribution is 2.12. The number of aromatic carboxylic acids is 1. The highest BCUT2D eigenvalue weighted by Gasteiger charge is 2.18. The van der Waals surface area contributed by atoms with Crippen molar-refractivity contribution in [2.45, 2.75) is 18.4 Å². The Hall–Kier alpha value is -2.12. The van der Waals surface area contributed by atoms with Gasteiger partial charge in [0.2, 0.25) is 10.0 Å². The molecule has 1 aromatic carbocycles. The molecule has 0 saturated carbocycles. The number of aryl methyl sites for hydroxylation is 1. The van der Waals surface area contributed by atoms with Crippen molar-refractivity contribution in [2.24, 2.45) is 0 Å². The van der Waals surface area contributed by atoms with Gasteiger partial charge in [-0.3, -0.25) is 0 Å². The van der Waals surface area contributed by atoms with Crippen LogP contribution >= 0.6 is 0 Å². The van der Waals surface area contributed by atoms with Crippen LogP contribution in [0.3, 0.4) is 0 Å². The van der Waals surface area contributed by atoms with Crippen LogP contribution in [-0.4, -0.2) is 24.5 Å². The number of carbonyl (C=O) groups is 1. The molecule has 0 fully saturated rings. The van der Waals surface area contributed by atoms with Gasteiger partial charge in [0.15, 0.2) is 0 Å². The number of carboxylic acid groups (broad SMARTS) is 1. The minimum Gasteiger partial charge on any atom is -0.477 e. The summed E-state index contributed by atoms with van der Waals surface area (Å²) in [5, 5.41) is 8.76. The van der Waals surface area contributed by atoms with E-state index >= 15 is 0 Å². The second kappa shape index (κ2) is 5.48. The molecule has 0 amide bonds. The number of hydrogen-bond acceptors (Lipinski definition) is 3. The molecule has 0 unspecified atom stereocenters. The minimum atomic E-state index is -3.73. The number of aromatic amines is 1. The van der Waals surface area contributed by atoms with E-state index in [2.05, 4.69) is 9.71 Å². The lowest BCUT2D eigenvalue weighted by Gasteiger charge is -2.07. The van der Waals surface area contributed by atoms with Gasteiger partial charge in [-0.1, -0.05) is 24.3 Å². The van der Waals surface area contributed by atoms with E-state index in [0.717, 1.165) is 23.4 Å². The van der Waals surface area contributed by atoms with E-state index < -0.39 is 16.0 Å². The number of hydrogen-bond donors (Lipinski definition) is 3. The summed E-state index contributed by atoms with van der Waals surface area (Å²) in [5.74, 6) is -1.20. The third-order valence-electron chi connectivity index (χ3n) is 2.91. The fraction of sp³-hybridized carbons (Fsp3) is 0.154. The van der Waals surface area contributed by atoms with Crippen molar-refractivity contribution in [3.8, 4) is 0 Å². The molecule has 0 saturated heterocycles. The largest absolute Gasteiger partial charge is 0.477 e. The highest BCUT2D eigenvalue weighted by molar-refractivity contribution is 7.89. The number of H-pyrrole nitrogens is 1. The minimum absolute atomic E-state index is 0.0940. The predicted molar refractivity (Wildman–Crippen MR) is 73.0 cm³/mol. The maximum Gasteiger partial charge on any atom is 0.352 e. The number of nitrogens with one attached hydrogen (secondary N) is 2. The maximum atomic E-state index is 12.0. The van der Waals surface area contributed by atoms with E-state index in [9.17, 15) is 13.2 Å². The van der Waals surface area contributed by atoms with E-state index in [1.54, 1.807) is 0 Å². The number of sulfonamides is 1. The standard InChI is InChI=1S/C13H14N2O4S/c1-9-4-2-3-5-10(9)7-15-20(18,19)11-6-12(13(16)17)14-8-11/h2-6,8,14-15H,7H2,1H3,(H,16,17). The molecule has 3 N–H and O–H groups in total. The summed E-state index contributed by atoms with van der Waals surface area (Å²) in [7, 11) is -3.73. The zero-order valence-corrected chi connectivity index (χ0v) is 11.6. The topological polar surface area (TPSA) is 99.3 Å². The zero-order chi connectivity index (χ0) is 14.8. The summed E-state index contributed by atoms with van der Waals surface area (Å²) in [4.78, 5) is 13.0. The Labute approximate surface area is 116 Å². The van der Waals surface area contributed by atoms with E-state index in [1.807, 2.05) is 31.2 Å². The van der Waals surface area contributed by atoms with Crippen LogP contribution < -0.4 is 4.72 Å². The lowest BCUT2D eigenvalue weighted by Crippen LogP contribution is -2.23. The SMILES string of the molecule is Cc1ccccc1CNS(=O)(=O)c1c[nH]c(C(=O)O)c1. The van der Waals surface area contributed by atoms with E-state index in [4.69, 9.17) is 5.11 Å². The summed E-state index contributed by atoms with van der Waals surface area (Å²) < 4.78 is 26.5. The summed E-state index contributed by atoms with van der Waals surface area (Å²) in [5.41, 5.74) is 1.68. The molecule has 1 heterocycles. The summed E-state index contributed by atoms with van der Waals surface area (Å²) in [6.45, 7) is 2.05. The smallest absolute Gasteiger partial charge is 0.352 e. The third kappa shape index (κ3) is 3.06. The van der Waals surface area contributed by atoms with Crippen LogP contribution in [0.15, 0.2) is 41.4 Å². The lowest BCUT2D eigenvalue weighted by molar-refractivity contribution is 0.0691. The summed E-state index contributed by atoms with van der Waals surface area (Å²) in [6, 6.07) is 8.51. The Morgan fingerprint density at radius 1 is 1.35 bits per heavy atom. The maximum absolute atomic E-state index is 12.0. The Balaban J connectivity index is 2.15. The van der Waals surface area contributed by atoms with Gasteiger partial charge in [-0.05, 0) is 24.1 Å². The normalized spacial score (nSPS) is 11.4. The third-order valence-corrected chi connectivity index (χ3v) is 4.29. The van der Waals surface area contributed by atoms with Crippen molar-refractivity contribution in [3.63, 3.8) is 0 Å². The first-order valence-electron chi connectivity index (χ1n) is 5.86. The molecule has 0 aliphatic heterocycles. The van der Waals surface area contributed by atoms with Gasteiger partial charge < -0.3 is 10.1 Å². The molecule has 6 nitrogen and oxygen atoms in total. The van der Waals surface area contributed by atoms with Crippen LogP contribution in [0.25, 0.3) is 0 Å². The molecule has 20 heavy (non-hydrogen) atoms. The fourth-order valence-corrected chi connectivity index (χ4v) is 2.72. The molecule has 0 bridgehead atoms. The lowest BCUT2D eigenvalue weighted by atomic mass is 10.1. The molecule has 7 heteroatoms. The molecule has 2 rings (SSSR count). The summed E-state index contributed by atoms with van der Waals surface area (Å²) >= 11 is 0. The van der Waals surface area contributed by atoms with Crippen molar-refractivity contribution < 1.29 is 18.3 Å². The van der Waals surface area contributed by atoms with Gasteiger partial charge >= 0.3 is 5.97 Å². The predicted octanol–water partition coefficient (Wildman–Crippen LogP) is 1.50. The first kappa shape index (κ1) is 14.3. The van der Waals surface area contributed by atoms with Gasteiger partial charge in [0.05, 0.1) is 0 Å². The van der Waals surface area contributed by atoms with Crippen molar-refractivity contribution in [1.82, 2.24) is 9.71 Å². The van der Waals surface area contributed by atoms with Crippen molar-refractivity contribution in [3.05, 3.63) is 53.3 Å². The van der Waals surface area contributed by atoms with Crippen LogP contribution in [-0.2, 0) is 16.6 Å². The monoisotopic (exact) mass is 294 g/mol. The molecule has 2 aromatic rings. The molecular formula is C13H14N2O4S. The van der Waals surface area contributed by atoms with Crippen LogP contribution in [0.5, 0.6) is 0 Å². The second-order valence-electron chi connectivity index (χ2n) is 4.31. The molecule has 0 aliphatic rings. The zero-order valence-electron chi connectivity index (χ0n) is 10.8. The fourth-order valence-electron chi connectivity index (χ4n) is 1.72. The van der Waals surface area contributed by atoms with Gasteiger partial charge in [-0.25, -0.2) is 17.9 Å². The quantitative estimate of drug-likeness (QED) is 0.778.